The summed E-state index contributed by atoms with van der Waals surface area (Å²) >= 11 is 0. The summed E-state index contributed by atoms with van der Waals surface area (Å²) in [7, 11) is 1.46. The van der Waals surface area contributed by atoms with Gasteiger partial charge in [0, 0.05) is 25.3 Å². The highest BCUT2D eigenvalue weighted by atomic mass is 19.1. The molecule has 178 valence electrons. The maximum atomic E-state index is 13.4. The summed E-state index contributed by atoms with van der Waals surface area (Å²) in [4.78, 5) is 39.6. The van der Waals surface area contributed by atoms with E-state index in [9.17, 15) is 23.2 Å². The molecule has 1 aliphatic heterocycles. The number of nitrogens with zero attached hydrogens (tertiary/aromatic N) is 1. The van der Waals surface area contributed by atoms with Crippen molar-refractivity contribution in [3.8, 4) is 0 Å². The second-order valence-electron chi connectivity index (χ2n) is 9.12. The summed E-state index contributed by atoms with van der Waals surface area (Å²) < 4.78 is 37.9. The molecular formula is C23H32F2N2O5. The monoisotopic (exact) mass is 454 g/mol. The molecule has 2 rings (SSSR count). The average molecular weight is 455 g/mol. The van der Waals surface area contributed by atoms with Crippen molar-refractivity contribution >= 4 is 17.8 Å². The lowest BCUT2D eigenvalue weighted by molar-refractivity contribution is -0.131. The number of likely N-dealkylation sites (tertiary alicyclic amines) is 1. The Hall–Kier alpha value is -2.55. The van der Waals surface area contributed by atoms with Crippen LogP contribution in [0.25, 0.3) is 0 Å². The molecule has 1 aromatic carbocycles. The van der Waals surface area contributed by atoms with Gasteiger partial charge in [0.2, 0.25) is 5.91 Å². The molecule has 7 nitrogen and oxygen atoms in total. The third kappa shape index (κ3) is 6.48. The molecule has 2 amide bonds. The first-order chi connectivity index (χ1) is 14.8. The lowest BCUT2D eigenvalue weighted by Gasteiger charge is -2.35. The second kappa shape index (κ2) is 10.4. The first kappa shape index (κ1) is 25.7. The number of Topliss-reactive ketones (excluding diaryl/α,β-unsaturated/α-hetero) is 1. The number of methoxy groups -OCH3 is 1. The van der Waals surface area contributed by atoms with Gasteiger partial charge in [-0.3, -0.25) is 9.59 Å². The van der Waals surface area contributed by atoms with Crippen molar-refractivity contribution in [3.05, 3.63) is 35.4 Å². The predicted molar refractivity (Wildman–Crippen MR) is 114 cm³/mol. The minimum Gasteiger partial charge on any atom is -0.444 e. The van der Waals surface area contributed by atoms with Crippen molar-refractivity contribution in [1.29, 1.82) is 0 Å². The number of rotatable bonds is 7. The zero-order valence-corrected chi connectivity index (χ0v) is 19.4. The standard InChI is InChI=1S/C23H32F2N2O5/c1-13(20(31-6)18-8-7-9-27(18)22(30)32-23(3,4)5)21(29)26-14(2)19(28)15-10-16(24)12-17(25)11-15/h10-14,18,20H,7-9H2,1-6H3,(H,26,29)/t13-,14+,18?,20-/m1/s1. The van der Waals surface area contributed by atoms with Gasteiger partial charge in [0.1, 0.15) is 17.2 Å². The van der Waals surface area contributed by atoms with E-state index in [0.717, 1.165) is 18.6 Å². The van der Waals surface area contributed by atoms with Gasteiger partial charge < -0.3 is 19.7 Å². The molecule has 1 aromatic rings. The molecule has 1 fully saturated rings. The number of benzene rings is 1. The molecule has 4 atom stereocenters. The van der Waals surface area contributed by atoms with E-state index in [1.54, 1.807) is 32.6 Å². The molecule has 1 N–H and O–H groups in total. The highest BCUT2D eigenvalue weighted by Gasteiger charge is 2.41. The first-order valence-corrected chi connectivity index (χ1v) is 10.7. The molecule has 9 heteroatoms. The second-order valence-corrected chi connectivity index (χ2v) is 9.12. The van der Waals surface area contributed by atoms with Gasteiger partial charge in [0.15, 0.2) is 5.78 Å². The number of amides is 2. The van der Waals surface area contributed by atoms with E-state index in [0.29, 0.717) is 19.0 Å². The summed E-state index contributed by atoms with van der Waals surface area (Å²) in [5.74, 6) is -3.53. The quantitative estimate of drug-likeness (QED) is 0.635. The largest absolute Gasteiger partial charge is 0.444 e. The zero-order chi connectivity index (χ0) is 24.2. The number of halogens is 2. The Morgan fingerprint density at radius 2 is 1.72 bits per heavy atom. The Balaban J connectivity index is 2.08. The van der Waals surface area contributed by atoms with E-state index in [1.165, 1.54) is 14.0 Å². The van der Waals surface area contributed by atoms with Crippen LogP contribution in [0.1, 0.15) is 57.8 Å². The number of hydrogen-bond donors (Lipinski definition) is 1. The maximum absolute atomic E-state index is 13.4. The summed E-state index contributed by atoms with van der Waals surface area (Å²) in [5.41, 5.74) is -0.819. The highest BCUT2D eigenvalue weighted by molar-refractivity contribution is 6.01. The van der Waals surface area contributed by atoms with E-state index in [1.807, 2.05) is 0 Å². The Labute approximate surface area is 187 Å². The van der Waals surface area contributed by atoms with Gasteiger partial charge in [-0.25, -0.2) is 13.6 Å². The van der Waals surface area contributed by atoms with Gasteiger partial charge in [-0.1, -0.05) is 6.92 Å². The predicted octanol–water partition coefficient (Wildman–Crippen LogP) is 3.70. The van der Waals surface area contributed by atoms with Crippen LogP contribution in [0.2, 0.25) is 0 Å². The molecule has 1 heterocycles. The van der Waals surface area contributed by atoms with Crippen molar-refractivity contribution in [1.82, 2.24) is 10.2 Å². The molecule has 1 saturated heterocycles. The van der Waals surface area contributed by atoms with Gasteiger partial charge in [0.05, 0.1) is 24.1 Å². The van der Waals surface area contributed by atoms with Crippen molar-refractivity contribution in [2.24, 2.45) is 5.92 Å². The van der Waals surface area contributed by atoms with Crippen LogP contribution in [-0.2, 0) is 14.3 Å². The van der Waals surface area contributed by atoms with Gasteiger partial charge in [-0.15, -0.1) is 0 Å². The van der Waals surface area contributed by atoms with Crippen LogP contribution in [0.3, 0.4) is 0 Å². The molecule has 0 radical (unpaired) electrons. The van der Waals surface area contributed by atoms with Crippen LogP contribution in [-0.4, -0.2) is 60.1 Å². The highest BCUT2D eigenvalue weighted by Crippen LogP contribution is 2.28. The van der Waals surface area contributed by atoms with E-state index >= 15 is 0 Å². The van der Waals surface area contributed by atoms with E-state index in [2.05, 4.69) is 5.32 Å². The molecular weight excluding hydrogens is 422 g/mol. The number of ketones is 1. The number of carbonyl (C=O) groups excluding carboxylic acids is 3. The zero-order valence-electron chi connectivity index (χ0n) is 19.4. The minimum absolute atomic E-state index is 0.168. The fourth-order valence-corrected chi connectivity index (χ4v) is 3.88. The SMILES string of the molecule is CO[C@@H](C1CCCN1C(=O)OC(C)(C)C)[C@@H](C)C(=O)N[C@@H](C)C(=O)c1cc(F)cc(F)c1. The Bertz CT molecular complexity index is 835. The molecule has 1 unspecified atom stereocenters. The Morgan fingerprint density at radius 3 is 2.25 bits per heavy atom. The maximum Gasteiger partial charge on any atom is 0.410 e. The van der Waals surface area contributed by atoms with Crippen LogP contribution < -0.4 is 5.32 Å². The molecule has 0 bridgehead atoms. The third-order valence-electron chi connectivity index (χ3n) is 5.38. The number of nitrogens with one attached hydrogen (secondary N) is 1. The van der Waals surface area contributed by atoms with Gasteiger partial charge in [0.25, 0.3) is 0 Å². The topological polar surface area (TPSA) is 84.9 Å². The minimum atomic E-state index is -1.01. The third-order valence-corrected chi connectivity index (χ3v) is 5.38. The number of ether oxygens (including phenoxy) is 2. The molecule has 0 saturated carbocycles. The molecule has 0 aliphatic carbocycles. The molecule has 0 aromatic heterocycles. The van der Waals surface area contributed by atoms with Gasteiger partial charge in [-0.05, 0) is 52.7 Å². The van der Waals surface area contributed by atoms with Crippen LogP contribution in [0.4, 0.5) is 13.6 Å². The van der Waals surface area contributed by atoms with E-state index in [-0.39, 0.29) is 11.6 Å². The van der Waals surface area contributed by atoms with Crippen LogP contribution in [0, 0.1) is 17.6 Å². The fraction of sp³-hybridized carbons (Fsp3) is 0.609. The normalized spacial score (nSPS) is 19.2. The van der Waals surface area contributed by atoms with Gasteiger partial charge >= 0.3 is 6.09 Å². The van der Waals surface area contributed by atoms with Crippen molar-refractivity contribution in [3.63, 3.8) is 0 Å². The Morgan fingerprint density at radius 1 is 1.12 bits per heavy atom. The van der Waals surface area contributed by atoms with Crippen molar-refractivity contribution in [2.75, 3.05) is 13.7 Å². The summed E-state index contributed by atoms with van der Waals surface area (Å²) in [6.07, 6.45) is 0.301. The molecule has 1 aliphatic rings. The smallest absolute Gasteiger partial charge is 0.410 e. The van der Waals surface area contributed by atoms with E-state index in [4.69, 9.17) is 9.47 Å². The summed E-state index contributed by atoms with van der Waals surface area (Å²) in [5, 5.41) is 2.59. The lowest BCUT2D eigenvalue weighted by atomic mass is 9.94. The van der Waals surface area contributed by atoms with Crippen LogP contribution in [0.5, 0.6) is 0 Å². The van der Waals surface area contributed by atoms with E-state index < -0.39 is 53.1 Å². The van der Waals surface area contributed by atoms with Crippen molar-refractivity contribution in [2.45, 2.75) is 71.2 Å². The fourth-order valence-electron chi connectivity index (χ4n) is 3.88. The number of hydrogen-bond acceptors (Lipinski definition) is 5. The average Bonchev–Trinajstić information content (AvgIpc) is 3.15. The van der Waals surface area contributed by atoms with Crippen LogP contribution >= 0.6 is 0 Å². The van der Waals surface area contributed by atoms with Gasteiger partial charge in [-0.2, -0.15) is 0 Å². The molecule has 32 heavy (non-hydrogen) atoms. The first-order valence-electron chi connectivity index (χ1n) is 10.7. The number of carbonyl (C=O) groups is 3. The summed E-state index contributed by atoms with van der Waals surface area (Å²) in [6, 6.07) is 1.15. The Kier molecular flexibility index (Phi) is 8.34. The van der Waals surface area contributed by atoms with Crippen molar-refractivity contribution < 1.29 is 32.6 Å². The van der Waals surface area contributed by atoms with Crippen LogP contribution in [0.15, 0.2) is 18.2 Å². The summed E-state index contributed by atoms with van der Waals surface area (Å²) in [6.45, 7) is 8.93. The molecule has 0 spiro atoms. The lowest BCUT2D eigenvalue weighted by Crippen LogP contribution is -2.52.